The van der Waals surface area contributed by atoms with E-state index in [4.69, 9.17) is 46.4 Å². The van der Waals surface area contributed by atoms with Crippen LogP contribution in [0.15, 0.2) is 24.3 Å². The summed E-state index contributed by atoms with van der Waals surface area (Å²) < 4.78 is 0. The molecule has 0 aromatic heterocycles. The standard InChI is InChI=1S/C10H8Cl4/c11-7-5-3-1-2-4-6(5)8(12)10(14)9(7)13/h1-4,7-10H/t7-,8+,9-,10+. The first-order valence-electron chi connectivity index (χ1n) is 4.28. The zero-order valence-electron chi connectivity index (χ0n) is 7.13. The maximum absolute atomic E-state index is 6.18. The highest BCUT2D eigenvalue weighted by atomic mass is 35.5. The van der Waals surface area contributed by atoms with Crippen LogP contribution in [0.4, 0.5) is 0 Å². The molecular weight excluding hydrogens is 262 g/mol. The second kappa shape index (κ2) is 4.09. The number of fused-ring (bicyclic) bond motifs is 1. The fourth-order valence-corrected chi connectivity index (χ4v) is 3.10. The average Bonchev–Trinajstić information content (AvgIpc) is 2.23. The van der Waals surface area contributed by atoms with Crippen molar-refractivity contribution in [3.8, 4) is 0 Å². The molecule has 14 heavy (non-hydrogen) atoms. The molecule has 1 aliphatic carbocycles. The third-order valence-corrected chi connectivity index (χ3v) is 4.90. The smallest absolute Gasteiger partial charge is 0.0767 e. The molecule has 0 saturated carbocycles. The molecule has 0 spiro atoms. The molecule has 76 valence electrons. The van der Waals surface area contributed by atoms with Crippen molar-refractivity contribution in [2.75, 3.05) is 0 Å². The predicted molar refractivity (Wildman–Crippen MR) is 62.9 cm³/mol. The van der Waals surface area contributed by atoms with Crippen LogP contribution in [0, 0.1) is 0 Å². The molecular formula is C10H8Cl4. The fraction of sp³-hybridized carbons (Fsp3) is 0.400. The lowest BCUT2D eigenvalue weighted by molar-refractivity contribution is 0.668. The van der Waals surface area contributed by atoms with Gasteiger partial charge < -0.3 is 0 Å². The van der Waals surface area contributed by atoms with Gasteiger partial charge in [0.25, 0.3) is 0 Å². The average molecular weight is 270 g/mol. The van der Waals surface area contributed by atoms with E-state index >= 15 is 0 Å². The molecule has 0 fully saturated rings. The third-order valence-electron chi connectivity index (χ3n) is 2.45. The van der Waals surface area contributed by atoms with Crippen LogP contribution in [-0.2, 0) is 0 Å². The van der Waals surface area contributed by atoms with Crippen LogP contribution >= 0.6 is 46.4 Å². The Labute approximate surface area is 103 Å². The number of hydrogen-bond acceptors (Lipinski definition) is 0. The predicted octanol–water partition coefficient (Wildman–Crippen LogP) is 4.47. The monoisotopic (exact) mass is 268 g/mol. The van der Waals surface area contributed by atoms with E-state index < -0.39 is 0 Å². The molecule has 0 bridgehead atoms. The number of benzene rings is 1. The van der Waals surface area contributed by atoms with E-state index in [0.717, 1.165) is 11.1 Å². The lowest BCUT2D eigenvalue weighted by Crippen LogP contribution is -2.30. The van der Waals surface area contributed by atoms with Crippen LogP contribution in [0.3, 0.4) is 0 Å². The molecule has 0 heterocycles. The van der Waals surface area contributed by atoms with Crippen molar-refractivity contribution in [2.24, 2.45) is 0 Å². The van der Waals surface area contributed by atoms with Gasteiger partial charge in [-0.05, 0) is 11.1 Å². The Morgan fingerprint density at radius 2 is 1.07 bits per heavy atom. The Kier molecular flexibility index (Phi) is 3.18. The highest BCUT2D eigenvalue weighted by Crippen LogP contribution is 2.47. The van der Waals surface area contributed by atoms with Gasteiger partial charge in [0.2, 0.25) is 0 Å². The highest BCUT2D eigenvalue weighted by Gasteiger charge is 2.39. The quantitative estimate of drug-likeness (QED) is 0.610. The summed E-state index contributed by atoms with van der Waals surface area (Å²) in [5.41, 5.74) is 1.98. The largest absolute Gasteiger partial charge is 0.119 e. The SMILES string of the molecule is Cl[C@@H]1[C@H](Cl)[C@H](Cl)c2ccccc2[C@@H]1Cl. The van der Waals surface area contributed by atoms with Gasteiger partial charge in [0.05, 0.1) is 21.5 Å². The molecule has 4 heteroatoms. The van der Waals surface area contributed by atoms with Crippen molar-refractivity contribution in [3.63, 3.8) is 0 Å². The van der Waals surface area contributed by atoms with E-state index in [1.165, 1.54) is 0 Å². The van der Waals surface area contributed by atoms with Gasteiger partial charge in [-0.2, -0.15) is 0 Å². The molecule has 1 aromatic rings. The lowest BCUT2D eigenvalue weighted by Gasteiger charge is -2.33. The van der Waals surface area contributed by atoms with Gasteiger partial charge in [0.15, 0.2) is 0 Å². The summed E-state index contributed by atoms with van der Waals surface area (Å²) in [5.74, 6) is 0. The number of halogens is 4. The third kappa shape index (κ3) is 1.63. The molecule has 0 aliphatic heterocycles. The van der Waals surface area contributed by atoms with Gasteiger partial charge in [-0.25, -0.2) is 0 Å². The van der Waals surface area contributed by atoms with Crippen LogP contribution in [0.2, 0.25) is 0 Å². The molecule has 0 unspecified atom stereocenters. The Bertz CT molecular complexity index is 306. The zero-order chi connectivity index (χ0) is 10.3. The Morgan fingerprint density at radius 3 is 1.43 bits per heavy atom. The molecule has 2 rings (SSSR count). The highest BCUT2D eigenvalue weighted by molar-refractivity contribution is 6.39. The maximum Gasteiger partial charge on any atom is 0.0767 e. The van der Waals surface area contributed by atoms with Crippen molar-refractivity contribution in [3.05, 3.63) is 35.4 Å². The van der Waals surface area contributed by atoms with E-state index in [9.17, 15) is 0 Å². The van der Waals surface area contributed by atoms with Gasteiger partial charge in [-0.3, -0.25) is 0 Å². The zero-order valence-corrected chi connectivity index (χ0v) is 10.2. The van der Waals surface area contributed by atoms with E-state index in [1.54, 1.807) is 0 Å². The van der Waals surface area contributed by atoms with Crippen LogP contribution in [-0.4, -0.2) is 10.8 Å². The molecule has 0 nitrogen and oxygen atoms in total. The Hall–Kier alpha value is 0.380. The van der Waals surface area contributed by atoms with Crippen molar-refractivity contribution in [1.82, 2.24) is 0 Å². The van der Waals surface area contributed by atoms with Crippen LogP contribution in [0.25, 0.3) is 0 Å². The van der Waals surface area contributed by atoms with E-state index in [1.807, 2.05) is 24.3 Å². The summed E-state index contributed by atoms with van der Waals surface area (Å²) in [5, 5.41) is -1.16. The summed E-state index contributed by atoms with van der Waals surface area (Å²) in [6, 6.07) is 7.74. The van der Waals surface area contributed by atoms with E-state index in [-0.39, 0.29) is 21.5 Å². The topological polar surface area (TPSA) is 0 Å². The van der Waals surface area contributed by atoms with E-state index in [0.29, 0.717) is 0 Å². The molecule has 1 aliphatic rings. The van der Waals surface area contributed by atoms with Crippen LogP contribution in [0.1, 0.15) is 21.9 Å². The summed E-state index contributed by atoms with van der Waals surface area (Å²) in [7, 11) is 0. The first-order valence-corrected chi connectivity index (χ1v) is 6.02. The Morgan fingerprint density at radius 1 is 0.714 bits per heavy atom. The number of rotatable bonds is 0. The van der Waals surface area contributed by atoms with Crippen molar-refractivity contribution < 1.29 is 0 Å². The minimum atomic E-state index is -0.323. The second-order valence-electron chi connectivity index (χ2n) is 3.32. The molecule has 0 saturated heterocycles. The van der Waals surface area contributed by atoms with Gasteiger partial charge in [0, 0.05) is 0 Å². The minimum absolute atomic E-state index is 0.259. The van der Waals surface area contributed by atoms with Crippen molar-refractivity contribution >= 4 is 46.4 Å². The van der Waals surface area contributed by atoms with Crippen LogP contribution in [0.5, 0.6) is 0 Å². The minimum Gasteiger partial charge on any atom is -0.119 e. The summed E-state index contributed by atoms with van der Waals surface area (Å²) in [4.78, 5) is 0. The van der Waals surface area contributed by atoms with Crippen molar-refractivity contribution in [1.29, 1.82) is 0 Å². The molecule has 4 atom stereocenters. The van der Waals surface area contributed by atoms with Gasteiger partial charge >= 0.3 is 0 Å². The van der Waals surface area contributed by atoms with Gasteiger partial charge in [0.1, 0.15) is 0 Å². The fourth-order valence-electron chi connectivity index (χ4n) is 1.68. The summed E-state index contributed by atoms with van der Waals surface area (Å²) >= 11 is 24.5. The first kappa shape index (κ1) is 10.9. The molecule has 0 N–H and O–H groups in total. The Balaban J connectivity index is 2.51. The normalized spacial score (nSPS) is 36.6. The molecule has 0 amide bonds. The first-order chi connectivity index (χ1) is 6.63. The summed E-state index contributed by atoms with van der Waals surface area (Å²) in [6.45, 7) is 0. The molecule has 0 radical (unpaired) electrons. The van der Waals surface area contributed by atoms with Gasteiger partial charge in [-0.1, -0.05) is 24.3 Å². The van der Waals surface area contributed by atoms with Crippen molar-refractivity contribution in [2.45, 2.75) is 21.5 Å². The maximum atomic E-state index is 6.18. The van der Waals surface area contributed by atoms with Crippen LogP contribution < -0.4 is 0 Å². The second-order valence-corrected chi connectivity index (χ2v) is 5.27. The number of hydrogen-bond donors (Lipinski definition) is 0. The summed E-state index contributed by atoms with van der Waals surface area (Å²) in [6.07, 6.45) is 0. The lowest BCUT2D eigenvalue weighted by atomic mass is 9.90. The number of alkyl halides is 4. The van der Waals surface area contributed by atoms with E-state index in [2.05, 4.69) is 0 Å². The van der Waals surface area contributed by atoms with Gasteiger partial charge in [-0.15, -0.1) is 46.4 Å². The molecule has 1 aromatic carbocycles.